The van der Waals surface area contributed by atoms with Crippen molar-refractivity contribution in [2.24, 2.45) is 11.7 Å². The van der Waals surface area contributed by atoms with Gasteiger partial charge in [-0.15, -0.1) is 0 Å². The number of likely N-dealkylation sites (tertiary alicyclic amines) is 1. The summed E-state index contributed by atoms with van der Waals surface area (Å²) in [5, 5.41) is 14.1. The number of hydrogen-bond acceptors (Lipinski definition) is 11. The van der Waals surface area contributed by atoms with E-state index in [0.717, 1.165) is 4.90 Å². The minimum atomic E-state index is -2.51. The maximum absolute atomic E-state index is 15.2. The third-order valence-corrected chi connectivity index (χ3v) is 10.9. The maximum Gasteiger partial charge on any atom is 0.339 e. The number of carbonyl (C=O) groups excluding carboxylic acids is 8. The molecule has 3 aromatic rings. The van der Waals surface area contributed by atoms with Crippen molar-refractivity contribution in [1.82, 2.24) is 15.5 Å². The molecule has 4 amide bonds. The molecular formula is C48H54F4N4O12. The Labute approximate surface area is 389 Å². The summed E-state index contributed by atoms with van der Waals surface area (Å²) >= 11 is 0. The number of esters is 1. The van der Waals surface area contributed by atoms with Gasteiger partial charge in [-0.2, -0.15) is 0 Å². The fourth-order valence-corrected chi connectivity index (χ4v) is 7.66. The van der Waals surface area contributed by atoms with E-state index in [1.54, 1.807) is 88.4 Å². The molecule has 1 fully saturated rings. The van der Waals surface area contributed by atoms with Crippen LogP contribution in [0.25, 0.3) is 0 Å². The highest BCUT2D eigenvalue weighted by Crippen LogP contribution is 2.29. The van der Waals surface area contributed by atoms with Crippen LogP contribution in [-0.4, -0.2) is 93.3 Å². The van der Waals surface area contributed by atoms with Crippen molar-refractivity contribution >= 4 is 52.9 Å². The lowest BCUT2D eigenvalue weighted by atomic mass is 9.87. The van der Waals surface area contributed by atoms with E-state index in [1.807, 2.05) is 0 Å². The van der Waals surface area contributed by atoms with Crippen LogP contribution in [0.1, 0.15) is 123 Å². The van der Waals surface area contributed by atoms with E-state index in [2.05, 4.69) is 10.6 Å². The first-order valence-corrected chi connectivity index (χ1v) is 21.9. The Kier molecular flexibility index (Phi) is 19.2. The van der Waals surface area contributed by atoms with Gasteiger partial charge in [0.25, 0.3) is 5.91 Å². The van der Waals surface area contributed by atoms with Crippen molar-refractivity contribution < 1.29 is 75.3 Å². The number of carboxylic acid groups (broad SMARTS) is 1. The largest absolute Gasteiger partial charge is 0.478 e. The second kappa shape index (κ2) is 24.3. The molecule has 1 unspecified atom stereocenters. The molecule has 1 aliphatic heterocycles. The minimum Gasteiger partial charge on any atom is -0.478 e. The Hall–Kier alpha value is -6.83. The number of aromatic carboxylic acids is 1. The number of Topliss-reactive ketones (excluding diaryl/α,β-unsaturated/α-hetero) is 3. The smallest absolute Gasteiger partial charge is 0.339 e. The van der Waals surface area contributed by atoms with Crippen molar-refractivity contribution in [3.63, 3.8) is 0 Å². The topological polar surface area (TPSA) is 246 Å². The summed E-state index contributed by atoms with van der Waals surface area (Å²) < 4.78 is 69.9. The van der Waals surface area contributed by atoms with E-state index in [0.29, 0.717) is 17.5 Å². The van der Waals surface area contributed by atoms with Gasteiger partial charge in [-0.05, 0) is 51.2 Å². The maximum atomic E-state index is 15.2. The lowest BCUT2D eigenvalue weighted by molar-refractivity contribution is -0.155. The highest BCUT2D eigenvalue weighted by Gasteiger charge is 2.44. The summed E-state index contributed by atoms with van der Waals surface area (Å²) in [5.74, 6) is -21.3. The molecule has 0 bridgehead atoms. The van der Waals surface area contributed by atoms with Crippen LogP contribution in [0.3, 0.4) is 0 Å². The molecule has 4 rings (SSSR count). The first-order valence-electron chi connectivity index (χ1n) is 21.9. The molecule has 366 valence electrons. The summed E-state index contributed by atoms with van der Waals surface area (Å²) in [4.78, 5) is 120. The van der Waals surface area contributed by atoms with Gasteiger partial charge in [-0.1, -0.05) is 74.0 Å². The molecule has 1 heterocycles. The number of halogens is 4. The normalized spacial score (nSPS) is 16.0. The summed E-state index contributed by atoms with van der Waals surface area (Å²) in [7, 11) is 0. The third kappa shape index (κ3) is 14.6. The molecule has 0 saturated carbocycles. The quantitative estimate of drug-likeness (QED) is 0.0291. The molecule has 0 aromatic heterocycles. The van der Waals surface area contributed by atoms with E-state index >= 15 is 4.39 Å². The van der Waals surface area contributed by atoms with E-state index in [-0.39, 0.29) is 38.8 Å². The zero-order valence-corrected chi connectivity index (χ0v) is 37.9. The third-order valence-electron chi connectivity index (χ3n) is 10.9. The molecule has 0 spiro atoms. The first-order chi connectivity index (χ1) is 32.0. The van der Waals surface area contributed by atoms with E-state index < -0.39 is 149 Å². The number of carbonyl (C=O) groups is 9. The number of amides is 4. The molecular weight excluding hydrogens is 901 g/mol. The summed E-state index contributed by atoms with van der Waals surface area (Å²) in [5.41, 5.74) is 2.01. The van der Waals surface area contributed by atoms with Crippen LogP contribution in [0.2, 0.25) is 0 Å². The average molecular weight is 955 g/mol. The van der Waals surface area contributed by atoms with Gasteiger partial charge in [0, 0.05) is 44.6 Å². The van der Waals surface area contributed by atoms with Gasteiger partial charge in [0.15, 0.2) is 34.8 Å². The van der Waals surface area contributed by atoms with Crippen LogP contribution in [0.4, 0.5) is 17.6 Å². The van der Waals surface area contributed by atoms with Gasteiger partial charge < -0.3 is 35.8 Å². The molecule has 1 aliphatic rings. The molecule has 68 heavy (non-hydrogen) atoms. The second-order valence-corrected chi connectivity index (χ2v) is 17.2. The van der Waals surface area contributed by atoms with Crippen LogP contribution in [0.15, 0.2) is 60.7 Å². The van der Waals surface area contributed by atoms with E-state index in [4.69, 9.17) is 15.2 Å². The highest BCUT2D eigenvalue weighted by atomic mass is 19.2. The van der Waals surface area contributed by atoms with Gasteiger partial charge in [-0.25, -0.2) is 22.4 Å². The Morgan fingerprint density at radius 2 is 1.41 bits per heavy atom. The zero-order chi connectivity index (χ0) is 50.5. The minimum absolute atomic E-state index is 0.00793. The molecule has 0 aliphatic carbocycles. The van der Waals surface area contributed by atoms with Crippen LogP contribution in [0, 0.1) is 29.2 Å². The number of primary amides is 1. The van der Waals surface area contributed by atoms with Gasteiger partial charge in [0.05, 0.1) is 24.3 Å². The number of nitrogens with one attached hydrogen (secondary N) is 2. The number of ether oxygens (including phenoxy) is 2. The van der Waals surface area contributed by atoms with Crippen LogP contribution >= 0.6 is 0 Å². The average Bonchev–Trinajstić information content (AvgIpc) is 3.73. The number of rotatable bonds is 24. The summed E-state index contributed by atoms with van der Waals surface area (Å²) in [6.07, 6.45) is -3.43. The molecule has 0 radical (unpaired) electrons. The Morgan fingerprint density at radius 1 is 0.809 bits per heavy atom. The zero-order valence-electron chi connectivity index (χ0n) is 37.9. The van der Waals surface area contributed by atoms with Crippen LogP contribution < -0.4 is 16.4 Å². The number of benzene rings is 3. The number of hydrogen-bond donors (Lipinski definition) is 4. The lowest BCUT2D eigenvalue weighted by Crippen LogP contribution is -2.52. The summed E-state index contributed by atoms with van der Waals surface area (Å²) in [6, 6.07) is 12.4. The van der Waals surface area contributed by atoms with Crippen molar-refractivity contribution in [2.45, 2.75) is 122 Å². The highest BCUT2D eigenvalue weighted by molar-refractivity contribution is 6.38. The Bertz CT molecular complexity index is 2380. The number of carboxylic acids is 1. The second-order valence-electron chi connectivity index (χ2n) is 17.2. The van der Waals surface area contributed by atoms with Crippen molar-refractivity contribution in [3.05, 3.63) is 106 Å². The molecule has 20 heteroatoms. The SMILES string of the molecule is CCCC(CC(=O)[C@@H]1C[C@@H](OCc2ccccc2)CN1C(=O)[C@H](CCCC(=O)OC(C)(C)C)NC(=O)c1c(F)c(F)c(F)c(F)c1C(=O)O)C(=O)C(=O)CCC(=O)N[C@H](C(N)=O)c1ccccc1. The number of nitrogens with zero attached hydrogens (tertiary/aromatic N) is 1. The first kappa shape index (κ1) is 53.8. The predicted octanol–water partition coefficient (Wildman–Crippen LogP) is 5.37. The molecule has 1 saturated heterocycles. The number of ketones is 3. The van der Waals surface area contributed by atoms with Gasteiger partial charge in [-0.3, -0.25) is 38.4 Å². The molecule has 5 atom stereocenters. The van der Waals surface area contributed by atoms with E-state index in [1.165, 1.54) is 0 Å². The predicted molar refractivity (Wildman–Crippen MR) is 233 cm³/mol. The lowest BCUT2D eigenvalue weighted by Gasteiger charge is -2.29. The monoisotopic (exact) mass is 954 g/mol. The molecule has 3 aromatic carbocycles. The number of nitrogens with two attached hydrogens (primary N) is 1. The van der Waals surface area contributed by atoms with Crippen LogP contribution in [-0.2, 0) is 49.6 Å². The molecule has 5 N–H and O–H groups in total. The van der Waals surface area contributed by atoms with Gasteiger partial charge in [0.1, 0.15) is 23.2 Å². The standard InChI is InChI=1S/C48H54F4N4O12/c1-5-13-28(43(61)32(57)20-21-34(59)55-42(44(53)62)27-16-10-7-11-17-27)22-33(58)31-23-29(67-25-26-14-8-6-9-15-26)24-56(31)46(64)30(18-12-19-35(60)68-48(2,3)4)54-45(63)36-37(47(65)66)39(50)41(52)40(51)38(36)49/h6-11,14-17,28-31,42H,5,12-13,18-25H2,1-4H3,(H2,53,62)(H,54,63)(H,55,59)(H,65,66)/t28?,29-,30+,31+,42+/m1/s1. The van der Waals surface area contributed by atoms with E-state index in [9.17, 15) is 61.4 Å². The Morgan fingerprint density at radius 3 is 1.99 bits per heavy atom. The van der Waals surface area contributed by atoms with Gasteiger partial charge in [0.2, 0.25) is 23.5 Å². The van der Waals surface area contributed by atoms with Crippen molar-refractivity contribution in [1.29, 1.82) is 0 Å². The fourth-order valence-electron chi connectivity index (χ4n) is 7.66. The Balaban J connectivity index is 1.62. The van der Waals surface area contributed by atoms with Crippen molar-refractivity contribution in [3.8, 4) is 0 Å². The van der Waals surface area contributed by atoms with Crippen molar-refractivity contribution in [2.75, 3.05) is 6.54 Å². The molecule has 16 nitrogen and oxygen atoms in total. The summed E-state index contributed by atoms with van der Waals surface area (Å²) in [6.45, 7) is 6.15. The van der Waals surface area contributed by atoms with Crippen LogP contribution in [0.5, 0.6) is 0 Å². The van der Waals surface area contributed by atoms with Gasteiger partial charge >= 0.3 is 11.9 Å². The fraction of sp³-hybridized carbons (Fsp3) is 0.438.